The third kappa shape index (κ3) is 2.41. The van der Waals surface area contributed by atoms with Gasteiger partial charge in [0, 0.05) is 17.1 Å². The Morgan fingerprint density at radius 2 is 2.06 bits per heavy atom. The number of fused-ring (bicyclic) bond motifs is 1. The summed E-state index contributed by atoms with van der Waals surface area (Å²) in [6.07, 6.45) is -3.62. The molecule has 0 spiro atoms. The fraction of sp³-hybridized carbons (Fsp3) is 0.364. The van der Waals surface area contributed by atoms with Gasteiger partial charge in [0.15, 0.2) is 0 Å². The highest BCUT2D eigenvalue weighted by Crippen LogP contribution is 2.32. The summed E-state index contributed by atoms with van der Waals surface area (Å²) < 4.78 is 37.2. The molecule has 1 amide bonds. The van der Waals surface area contributed by atoms with E-state index in [1.165, 1.54) is 6.07 Å². The molecule has 0 N–H and O–H groups in total. The van der Waals surface area contributed by atoms with Crippen LogP contribution >= 0.6 is 12.6 Å². The minimum absolute atomic E-state index is 0.108. The monoisotopic (exact) mass is 261 g/mol. The van der Waals surface area contributed by atoms with Gasteiger partial charge in [-0.15, -0.1) is 12.6 Å². The molecule has 92 valence electrons. The molecule has 1 heterocycles. The molecule has 1 aliphatic heterocycles. The van der Waals surface area contributed by atoms with E-state index in [-0.39, 0.29) is 6.54 Å². The Labute approximate surface area is 102 Å². The number of thiol groups is 1. The van der Waals surface area contributed by atoms with Crippen molar-refractivity contribution < 1.29 is 18.0 Å². The molecular weight excluding hydrogens is 251 g/mol. The molecule has 17 heavy (non-hydrogen) atoms. The lowest BCUT2D eigenvalue weighted by Gasteiger charge is -2.30. The maximum absolute atomic E-state index is 12.4. The Hall–Kier alpha value is -1.17. The Morgan fingerprint density at radius 1 is 1.35 bits per heavy atom. The van der Waals surface area contributed by atoms with Gasteiger partial charge in [-0.2, -0.15) is 13.2 Å². The highest BCUT2D eigenvalue weighted by atomic mass is 32.1. The number of rotatable bonds is 0. The molecule has 1 aliphatic rings. The second kappa shape index (κ2) is 4.25. The minimum atomic E-state index is -4.83. The molecule has 0 aromatic heterocycles. The van der Waals surface area contributed by atoms with Crippen LogP contribution in [-0.4, -0.2) is 18.6 Å². The van der Waals surface area contributed by atoms with E-state index in [9.17, 15) is 18.0 Å². The average molecular weight is 261 g/mol. The van der Waals surface area contributed by atoms with Crippen molar-refractivity contribution in [2.24, 2.45) is 0 Å². The number of anilines is 1. The van der Waals surface area contributed by atoms with Gasteiger partial charge in [0.2, 0.25) is 0 Å². The second-order valence-electron chi connectivity index (χ2n) is 3.87. The normalized spacial score (nSPS) is 15.6. The minimum Gasteiger partial charge on any atom is -0.304 e. The van der Waals surface area contributed by atoms with Crippen LogP contribution in [0.15, 0.2) is 23.1 Å². The maximum atomic E-state index is 12.4. The zero-order chi connectivity index (χ0) is 12.6. The number of carbonyl (C=O) groups excluding carboxylic acids is 1. The van der Waals surface area contributed by atoms with E-state index in [1.54, 1.807) is 12.1 Å². The summed E-state index contributed by atoms with van der Waals surface area (Å²) in [7, 11) is 0. The van der Waals surface area contributed by atoms with E-state index in [2.05, 4.69) is 12.6 Å². The number of carbonyl (C=O) groups is 1. The molecular formula is C11H10F3NOS. The number of benzene rings is 1. The van der Waals surface area contributed by atoms with Crippen molar-refractivity contribution in [3.05, 3.63) is 23.8 Å². The Kier molecular flexibility index (Phi) is 3.07. The summed E-state index contributed by atoms with van der Waals surface area (Å²) >= 11 is 4.13. The molecule has 1 aromatic carbocycles. The molecule has 0 fully saturated rings. The second-order valence-corrected chi connectivity index (χ2v) is 4.39. The lowest BCUT2D eigenvalue weighted by molar-refractivity contribution is -0.170. The lowest BCUT2D eigenvalue weighted by atomic mass is 10.0. The third-order valence-corrected chi connectivity index (χ3v) is 2.95. The first kappa shape index (κ1) is 12.3. The first-order valence-electron chi connectivity index (χ1n) is 5.10. The van der Waals surface area contributed by atoms with Gasteiger partial charge in [-0.05, 0) is 36.6 Å². The molecule has 6 heteroatoms. The van der Waals surface area contributed by atoms with Gasteiger partial charge in [0.05, 0.1) is 0 Å². The molecule has 1 aromatic rings. The van der Waals surface area contributed by atoms with Crippen LogP contribution in [0.2, 0.25) is 0 Å². The van der Waals surface area contributed by atoms with Crippen molar-refractivity contribution in [3.8, 4) is 0 Å². The van der Waals surface area contributed by atoms with Gasteiger partial charge in [-0.25, -0.2) is 0 Å². The third-order valence-electron chi connectivity index (χ3n) is 2.67. The maximum Gasteiger partial charge on any atom is 0.471 e. The van der Waals surface area contributed by atoms with Crippen LogP contribution in [0.1, 0.15) is 12.0 Å². The lowest BCUT2D eigenvalue weighted by Crippen LogP contribution is -2.43. The highest BCUT2D eigenvalue weighted by molar-refractivity contribution is 7.80. The molecule has 0 unspecified atom stereocenters. The van der Waals surface area contributed by atoms with Crippen molar-refractivity contribution in [2.75, 3.05) is 11.4 Å². The summed E-state index contributed by atoms with van der Waals surface area (Å²) in [4.78, 5) is 12.7. The molecule has 0 saturated heterocycles. The topological polar surface area (TPSA) is 20.3 Å². The Balaban J connectivity index is 2.39. The van der Waals surface area contributed by atoms with Crippen molar-refractivity contribution >= 4 is 24.2 Å². The smallest absolute Gasteiger partial charge is 0.304 e. The van der Waals surface area contributed by atoms with Crippen molar-refractivity contribution in [2.45, 2.75) is 23.9 Å². The average Bonchev–Trinajstić information content (AvgIpc) is 2.25. The van der Waals surface area contributed by atoms with E-state index in [4.69, 9.17) is 0 Å². The molecule has 0 atom stereocenters. The molecule has 2 nitrogen and oxygen atoms in total. The van der Waals surface area contributed by atoms with E-state index in [0.717, 1.165) is 10.5 Å². The van der Waals surface area contributed by atoms with Crippen LogP contribution in [-0.2, 0) is 11.2 Å². The SMILES string of the molecule is O=C(N1CCCc2cc(S)ccc21)C(F)(F)F. The molecule has 0 bridgehead atoms. The number of aryl methyl sites for hydroxylation is 1. The molecule has 0 saturated carbocycles. The van der Waals surface area contributed by atoms with Gasteiger partial charge < -0.3 is 4.90 Å². The van der Waals surface area contributed by atoms with E-state index in [0.29, 0.717) is 23.4 Å². The van der Waals surface area contributed by atoms with Crippen LogP contribution in [0.4, 0.5) is 18.9 Å². The predicted octanol–water partition coefficient (Wildman–Crippen LogP) is 2.82. The zero-order valence-electron chi connectivity index (χ0n) is 8.79. The van der Waals surface area contributed by atoms with Gasteiger partial charge in [-0.3, -0.25) is 4.79 Å². The molecule has 0 aliphatic carbocycles. The van der Waals surface area contributed by atoms with Crippen LogP contribution in [0.25, 0.3) is 0 Å². The van der Waals surface area contributed by atoms with E-state index in [1.807, 2.05) is 0 Å². The Morgan fingerprint density at radius 3 is 2.71 bits per heavy atom. The fourth-order valence-corrected chi connectivity index (χ4v) is 2.18. The van der Waals surface area contributed by atoms with Crippen LogP contribution < -0.4 is 4.90 Å². The first-order valence-corrected chi connectivity index (χ1v) is 5.55. The number of hydrogen-bond donors (Lipinski definition) is 1. The zero-order valence-corrected chi connectivity index (χ0v) is 9.68. The number of halogens is 3. The standard InChI is InChI=1S/C11H10F3NOS/c12-11(13,14)10(16)15-5-1-2-7-6-8(17)3-4-9(7)15/h3-4,6,17H,1-2,5H2. The number of amides is 1. The first-order chi connectivity index (χ1) is 7.89. The van der Waals surface area contributed by atoms with Gasteiger partial charge >= 0.3 is 12.1 Å². The largest absolute Gasteiger partial charge is 0.471 e. The summed E-state index contributed by atoms with van der Waals surface area (Å²) in [5.74, 6) is -1.80. The van der Waals surface area contributed by atoms with Gasteiger partial charge in [0.1, 0.15) is 0 Å². The number of alkyl halides is 3. The summed E-state index contributed by atoms with van der Waals surface area (Å²) in [5, 5.41) is 0. The van der Waals surface area contributed by atoms with Crippen LogP contribution in [0.3, 0.4) is 0 Å². The summed E-state index contributed by atoms with van der Waals surface area (Å²) in [5.41, 5.74) is 1.08. The van der Waals surface area contributed by atoms with Gasteiger partial charge in [0.25, 0.3) is 0 Å². The summed E-state index contributed by atoms with van der Waals surface area (Å²) in [6, 6.07) is 4.80. The van der Waals surface area contributed by atoms with Crippen molar-refractivity contribution in [3.63, 3.8) is 0 Å². The predicted molar refractivity (Wildman–Crippen MR) is 60.4 cm³/mol. The molecule has 0 radical (unpaired) electrons. The Bertz CT molecular complexity index is 459. The van der Waals surface area contributed by atoms with Crippen molar-refractivity contribution in [1.29, 1.82) is 0 Å². The summed E-state index contributed by atoms with van der Waals surface area (Å²) in [6.45, 7) is 0.108. The van der Waals surface area contributed by atoms with E-state index >= 15 is 0 Å². The molecule has 2 rings (SSSR count). The van der Waals surface area contributed by atoms with Crippen LogP contribution in [0, 0.1) is 0 Å². The highest BCUT2D eigenvalue weighted by Gasteiger charge is 2.43. The van der Waals surface area contributed by atoms with Crippen molar-refractivity contribution in [1.82, 2.24) is 0 Å². The quantitative estimate of drug-likeness (QED) is 0.712. The number of hydrogen-bond acceptors (Lipinski definition) is 2. The van der Waals surface area contributed by atoms with E-state index < -0.39 is 12.1 Å². The van der Waals surface area contributed by atoms with Gasteiger partial charge in [-0.1, -0.05) is 0 Å². The number of nitrogens with zero attached hydrogens (tertiary/aromatic N) is 1. The van der Waals surface area contributed by atoms with Crippen LogP contribution in [0.5, 0.6) is 0 Å². The fourth-order valence-electron chi connectivity index (χ4n) is 1.95.